The second kappa shape index (κ2) is 10.1. The van der Waals surface area contributed by atoms with E-state index in [0.29, 0.717) is 0 Å². The third-order valence-corrected chi connectivity index (χ3v) is 9.70. The van der Waals surface area contributed by atoms with E-state index in [4.69, 9.17) is 9.72 Å². The second-order valence-electron chi connectivity index (χ2n) is 12.3. The maximum atomic E-state index is 6.64. The summed E-state index contributed by atoms with van der Waals surface area (Å²) in [7, 11) is 0. The third-order valence-electron chi connectivity index (χ3n) is 9.70. The highest BCUT2D eigenvalue weighted by Crippen LogP contribution is 2.51. The molecule has 47 heavy (non-hydrogen) atoms. The van der Waals surface area contributed by atoms with Gasteiger partial charge in [-0.05, 0) is 96.7 Å². The molecule has 2 heteroatoms. The van der Waals surface area contributed by atoms with E-state index in [2.05, 4.69) is 152 Å². The number of aromatic nitrogens is 1. The summed E-state index contributed by atoms with van der Waals surface area (Å²) in [6.07, 6.45) is 1.87. The van der Waals surface area contributed by atoms with Gasteiger partial charge in [0.25, 0.3) is 0 Å². The van der Waals surface area contributed by atoms with Crippen LogP contribution in [-0.2, 0) is 0 Å². The molecule has 0 fully saturated rings. The molecule has 0 saturated heterocycles. The lowest BCUT2D eigenvalue weighted by Gasteiger charge is -2.24. The fraction of sp³-hybridized carbons (Fsp3) is 0. The van der Waals surface area contributed by atoms with Crippen LogP contribution in [0.3, 0.4) is 0 Å². The Kier molecular flexibility index (Phi) is 5.61. The molecule has 0 bridgehead atoms. The highest BCUT2D eigenvalue weighted by atomic mass is 16.5. The molecular weight excluding hydrogens is 571 g/mol. The predicted molar refractivity (Wildman–Crippen MR) is 196 cm³/mol. The van der Waals surface area contributed by atoms with Crippen molar-refractivity contribution in [2.45, 2.75) is 0 Å². The third kappa shape index (κ3) is 4.02. The fourth-order valence-electron chi connectivity index (χ4n) is 7.49. The minimum absolute atomic E-state index is 0.896. The average Bonchev–Trinajstić information content (AvgIpc) is 3.14. The van der Waals surface area contributed by atoms with Crippen molar-refractivity contribution < 1.29 is 4.74 Å². The van der Waals surface area contributed by atoms with Gasteiger partial charge in [-0.15, -0.1) is 0 Å². The average molecular weight is 598 g/mol. The molecule has 1 aliphatic rings. The van der Waals surface area contributed by atoms with Gasteiger partial charge in [0.1, 0.15) is 11.5 Å². The van der Waals surface area contributed by atoms with Crippen molar-refractivity contribution in [3.8, 4) is 56.0 Å². The summed E-state index contributed by atoms with van der Waals surface area (Å²) in [6.45, 7) is 0. The monoisotopic (exact) mass is 597 g/mol. The van der Waals surface area contributed by atoms with Gasteiger partial charge in [0.05, 0.1) is 5.52 Å². The van der Waals surface area contributed by atoms with Crippen LogP contribution in [0.5, 0.6) is 11.5 Å². The zero-order chi connectivity index (χ0) is 30.9. The number of hydrogen-bond donors (Lipinski definition) is 0. The molecule has 0 unspecified atom stereocenters. The van der Waals surface area contributed by atoms with Crippen LogP contribution in [0.25, 0.3) is 87.7 Å². The maximum Gasteiger partial charge on any atom is 0.135 e. The number of ether oxygens (including phenoxy) is 1. The van der Waals surface area contributed by atoms with Crippen LogP contribution in [0.4, 0.5) is 0 Å². The summed E-state index contributed by atoms with van der Waals surface area (Å²) < 4.78 is 6.64. The molecule has 1 aliphatic heterocycles. The first-order valence-electron chi connectivity index (χ1n) is 16.0. The molecule has 2 heterocycles. The Morgan fingerprint density at radius 3 is 1.91 bits per heavy atom. The quantitative estimate of drug-likeness (QED) is 0.189. The largest absolute Gasteiger partial charge is 0.456 e. The number of fused-ring (bicyclic) bond motifs is 7. The van der Waals surface area contributed by atoms with Gasteiger partial charge in [0.15, 0.2) is 0 Å². The summed E-state index contributed by atoms with van der Waals surface area (Å²) >= 11 is 0. The minimum Gasteiger partial charge on any atom is -0.456 e. The molecule has 8 aromatic carbocycles. The molecule has 218 valence electrons. The van der Waals surface area contributed by atoms with Gasteiger partial charge in [0.2, 0.25) is 0 Å². The van der Waals surface area contributed by atoms with Crippen LogP contribution in [0.2, 0.25) is 0 Å². The molecule has 0 amide bonds. The normalized spacial score (nSPS) is 12.0. The Labute approximate surface area is 272 Å². The smallest absolute Gasteiger partial charge is 0.135 e. The summed E-state index contributed by atoms with van der Waals surface area (Å²) in [5, 5.41) is 8.50. The van der Waals surface area contributed by atoms with E-state index in [1.165, 1.54) is 54.6 Å². The zero-order valence-electron chi connectivity index (χ0n) is 25.4. The fourth-order valence-corrected chi connectivity index (χ4v) is 7.49. The zero-order valence-corrected chi connectivity index (χ0v) is 25.4. The first-order valence-corrected chi connectivity index (χ1v) is 16.0. The molecule has 1 aromatic heterocycles. The number of benzene rings is 8. The van der Waals surface area contributed by atoms with E-state index in [1.807, 2.05) is 12.3 Å². The van der Waals surface area contributed by atoms with Crippen LogP contribution >= 0.6 is 0 Å². The van der Waals surface area contributed by atoms with Crippen molar-refractivity contribution in [3.63, 3.8) is 0 Å². The van der Waals surface area contributed by atoms with E-state index >= 15 is 0 Å². The van der Waals surface area contributed by atoms with Gasteiger partial charge in [-0.3, -0.25) is 4.98 Å². The minimum atomic E-state index is 0.896. The molecule has 0 radical (unpaired) electrons. The summed E-state index contributed by atoms with van der Waals surface area (Å²) in [4.78, 5) is 4.69. The van der Waals surface area contributed by atoms with E-state index < -0.39 is 0 Å². The van der Waals surface area contributed by atoms with Crippen molar-refractivity contribution >= 4 is 43.2 Å². The van der Waals surface area contributed by atoms with Gasteiger partial charge in [-0.1, -0.05) is 121 Å². The van der Waals surface area contributed by atoms with Gasteiger partial charge in [-0.25, -0.2) is 0 Å². The number of hydrogen-bond acceptors (Lipinski definition) is 2. The Hall–Kier alpha value is -6.25. The van der Waals surface area contributed by atoms with Gasteiger partial charge in [-0.2, -0.15) is 0 Å². The Balaban J connectivity index is 1.17. The van der Waals surface area contributed by atoms with Crippen molar-refractivity contribution in [2.24, 2.45) is 0 Å². The number of rotatable bonds is 3. The maximum absolute atomic E-state index is 6.64. The Morgan fingerprint density at radius 1 is 0.362 bits per heavy atom. The molecule has 0 saturated carbocycles. The van der Waals surface area contributed by atoms with Crippen molar-refractivity contribution in [3.05, 3.63) is 164 Å². The van der Waals surface area contributed by atoms with Crippen LogP contribution in [0, 0.1) is 0 Å². The molecule has 0 aliphatic carbocycles. The lowest BCUT2D eigenvalue weighted by molar-refractivity contribution is 0.487. The topological polar surface area (TPSA) is 22.1 Å². The molecule has 0 spiro atoms. The molecule has 10 rings (SSSR count). The SMILES string of the molecule is c1ccc(-c2ccc3c(c2)Oc2cccc4c2c-3cc2c3ccccc3c(-c3ccc(-c5cccc6cccnc56)cc3)cc42)cc1. The van der Waals surface area contributed by atoms with Crippen LogP contribution < -0.4 is 4.74 Å². The van der Waals surface area contributed by atoms with Gasteiger partial charge in [0, 0.05) is 28.1 Å². The number of pyridine rings is 1. The van der Waals surface area contributed by atoms with Crippen molar-refractivity contribution in [1.82, 2.24) is 4.98 Å². The van der Waals surface area contributed by atoms with Crippen LogP contribution in [-0.4, -0.2) is 4.98 Å². The van der Waals surface area contributed by atoms with Gasteiger partial charge >= 0.3 is 0 Å². The first-order chi connectivity index (χ1) is 23.3. The van der Waals surface area contributed by atoms with E-state index in [-0.39, 0.29) is 0 Å². The first kappa shape index (κ1) is 26.0. The predicted octanol–water partition coefficient (Wildman–Crippen LogP) is 12.5. The highest BCUT2D eigenvalue weighted by Gasteiger charge is 2.23. The standard InChI is InChI=1S/C45H27NO/c1-2-9-28(10-3-1)32-22-23-36-41-27-39-35-14-5-4-13-34(35)38(26-40(39)37-16-7-17-42(44(37)41)47-43(36)25-32)30-20-18-29(19-21-30)33-15-6-11-31-12-8-24-46-45(31)33/h1-27H. The molecular formula is C45H27NO. The Bertz CT molecular complexity index is 2690. The number of nitrogens with zero attached hydrogens (tertiary/aromatic N) is 1. The lowest BCUT2D eigenvalue weighted by atomic mass is 9.86. The van der Waals surface area contributed by atoms with E-state index in [9.17, 15) is 0 Å². The van der Waals surface area contributed by atoms with Crippen molar-refractivity contribution in [2.75, 3.05) is 0 Å². The molecule has 2 nitrogen and oxygen atoms in total. The highest BCUT2D eigenvalue weighted by molar-refractivity contribution is 6.25. The molecule has 9 aromatic rings. The van der Waals surface area contributed by atoms with Crippen LogP contribution in [0.15, 0.2) is 164 Å². The second-order valence-corrected chi connectivity index (χ2v) is 12.3. The van der Waals surface area contributed by atoms with Crippen LogP contribution in [0.1, 0.15) is 0 Å². The van der Waals surface area contributed by atoms with Gasteiger partial charge < -0.3 is 4.74 Å². The summed E-state index contributed by atoms with van der Waals surface area (Å²) in [6, 6.07) is 56.6. The summed E-state index contributed by atoms with van der Waals surface area (Å²) in [5.41, 5.74) is 10.4. The number of para-hydroxylation sites is 1. The molecule has 0 atom stereocenters. The summed E-state index contributed by atoms with van der Waals surface area (Å²) in [5.74, 6) is 1.80. The molecule has 0 N–H and O–H groups in total. The van der Waals surface area contributed by atoms with Crippen molar-refractivity contribution in [1.29, 1.82) is 0 Å². The van der Waals surface area contributed by atoms with E-state index in [1.54, 1.807) is 0 Å². The van der Waals surface area contributed by atoms with E-state index in [0.717, 1.165) is 44.7 Å². The lowest BCUT2D eigenvalue weighted by Crippen LogP contribution is -1.98. The Morgan fingerprint density at radius 2 is 1.04 bits per heavy atom.